The molecule has 0 saturated carbocycles. The summed E-state index contributed by atoms with van der Waals surface area (Å²) >= 11 is 6.26. The highest BCUT2D eigenvalue weighted by Gasteiger charge is 2.34. The van der Waals surface area contributed by atoms with Crippen molar-refractivity contribution in [1.82, 2.24) is 4.90 Å². The van der Waals surface area contributed by atoms with E-state index in [-0.39, 0.29) is 0 Å². The Morgan fingerprint density at radius 3 is 2.71 bits per heavy atom. The summed E-state index contributed by atoms with van der Waals surface area (Å²) in [5.74, 6) is 0. The summed E-state index contributed by atoms with van der Waals surface area (Å²) in [7, 11) is 0. The molecule has 0 spiro atoms. The lowest BCUT2D eigenvalue weighted by atomic mass is 9.89. The molecule has 3 heteroatoms. The maximum Gasteiger partial charge on any atom is 0.0658 e. The van der Waals surface area contributed by atoms with E-state index in [1.54, 1.807) is 0 Å². The van der Waals surface area contributed by atoms with Gasteiger partial charge in [-0.3, -0.25) is 4.90 Å². The van der Waals surface area contributed by atoms with Gasteiger partial charge in [0.25, 0.3) is 0 Å². The highest BCUT2D eigenvalue weighted by molar-refractivity contribution is 6.30. The fourth-order valence-electron chi connectivity index (χ4n) is 3.84. The van der Waals surface area contributed by atoms with E-state index in [4.69, 9.17) is 16.3 Å². The molecule has 2 heterocycles. The number of fused-ring (bicyclic) bond motifs is 2. The van der Waals surface area contributed by atoms with Crippen LogP contribution in [0, 0.1) is 6.92 Å². The molecule has 2 nitrogen and oxygen atoms in total. The Morgan fingerprint density at radius 1 is 1.12 bits per heavy atom. The zero-order valence-corrected chi connectivity index (χ0v) is 14.7. The van der Waals surface area contributed by atoms with Gasteiger partial charge in [-0.05, 0) is 47.7 Å². The maximum absolute atomic E-state index is 6.26. The maximum atomic E-state index is 6.26. The molecule has 124 valence electrons. The van der Waals surface area contributed by atoms with Gasteiger partial charge in [0.1, 0.15) is 0 Å². The molecule has 2 aromatic carbocycles. The molecule has 0 amide bonds. The average molecular weight is 340 g/mol. The highest BCUT2D eigenvalue weighted by Crippen LogP contribution is 2.34. The first-order valence-corrected chi connectivity index (χ1v) is 8.92. The van der Waals surface area contributed by atoms with Gasteiger partial charge in [0.15, 0.2) is 0 Å². The van der Waals surface area contributed by atoms with Crippen LogP contribution in [0.2, 0.25) is 5.02 Å². The molecule has 0 radical (unpaired) electrons. The van der Waals surface area contributed by atoms with Gasteiger partial charge in [0, 0.05) is 17.6 Å². The highest BCUT2D eigenvalue weighted by atomic mass is 35.5. The average Bonchev–Trinajstić information content (AvgIpc) is 2.54. The first-order valence-electron chi connectivity index (χ1n) is 8.55. The van der Waals surface area contributed by atoms with E-state index in [0.29, 0.717) is 12.1 Å². The van der Waals surface area contributed by atoms with E-state index in [0.717, 1.165) is 31.2 Å². The fourth-order valence-corrected chi connectivity index (χ4v) is 4.13. The van der Waals surface area contributed by atoms with Crippen molar-refractivity contribution in [1.29, 1.82) is 0 Å². The topological polar surface area (TPSA) is 12.5 Å². The quantitative estimate of drug-likeness (QED) is 0.803. The van der Waals surface area contributed by atoms with Crippen LogP contribution in [0.4, 0.5) is 0 Å². The number of benzene rings is 2. The Labute approximate surface area is 148 Å². The second-order valence-electron chi connectivity index (χ2n) is 6.83. The Hall–Kier alpha value is -1.61. The van der Waals surface area contributed by atoms with E-state index in [1.165, 1.54) is 22.3 Å². The summed E-state index contributed by atoms with van der Waals surface area (Å²) < 4.78 is 5.82. The van der Waals surface area contributed by atoms with Crippen LogP contribution in [0.15, 0.2) is 54.6 Å². The summed E-state index contributed by atoms with van der Waals surface area (Å²) in [5.41, 5.74) is 5.25. The first-order chi connectivity index (χ1) is 11.7. The largest absolute Gasteiger partial charge is 0.378 e. The standard InChI is InChI=1S/C21H22ClNO/c1-15-7-17(9-19(22)8-15)18-10-20-13-24-14-21(11-18)23(20)12-16-5-3-2-4-6-16/h2-10,20-21H,11-14H2,1H3. The number of hydrogen-bond donors (Lipinski definition) is 0. The summed E-state index contributed by atoms with van der Waals surface area (Å²) in [6.07, 6.45) is 3.40. The lowest BCUT2D eigenvalue weighted by Crippen LogP contribution is -2.53. The van der Waals surface area contributed by atoms with Crippen molar-refractivity contribution in [3.8, 4) is 0 Å². The number of halogens is 1. The number of morpholine rings is 1. The molecule has 0 aromatic heterocycles. The Morgan fingerprint density at radius 2 is 1.96 bits per heavy atom. The van der Waals surface area contributed by atoms with Crippen LogP contribution in [-0.2, 0) is 11.3 Å². The molecular formula is C21H22ClNO. The van der Waals surface area contributed by atoms with Crippen LogP contribution in [0.25, 0.3) is 5.57 Å². The van der Waals surface area contributed by atoms with Gasteiger partial charge < -0.3 is 4.74 Å². The Balaban J connectivity index is 1.62. The lowest BCUT2D eigenvalue weighted by Gasteiger charge is -2.45. The molecule has 2 unspecified atom stereocenters. The van der Waals surface area contributed by atoms with Gasteiger partial charge in [-0.15, -0.1) is 0 Å². The molecule has 2 aliphatic rings. The van der Waals surface area contributed by atoms with Crippen LogP contribution < -0.4 is 0 Å². The van der Waals surface area contributed by atoms with E-state index >= 15 is 0 Å². The monoisotopic (exact) mass is 339 g/mol. The smallest absolute Gasteiger partial charge is 0.0658 e. The van der Waals surface area contributed by atoms with Gasteiger partial charge in [-0.25, -0.2) is 0 Å². The predicted molar refractivity (Wildman–Crippen MR) is 99.2 cm³/mol. The molecule has 2 atom stereocenters. The molecule has 0 aliphatic carbocycles. The third-order valence-electron chi connectivity index (χ3n) is 4.96. The number of hydrogen-bond acceptors (Lipinski definition) is 2. The summed E-state index contributed by atoms with van der Waals surface area (Å²) in [4.78, 5) is 2.58. The fraction of sp³-hybridized carbons (Fsp3) is 0.333. The van der Waals surface area contributed by atoms with Crippen molar-refractivity contribution in [2.24, 2.45) is 0 Å². The van der Waals surface area contributed by atoms with Crippen molar-refractivity contribution >= 4 is 17.2 Å². The Kier molecular flexibility index (Phi) is 4.45. The molecule has 0 N–H and O–H groups in total. The SMILES string of the molecule is Cc1cc(Cl)cc(C2=CC3COCC(C2)N3Cc2ccccc2)c1. The minimum atomic E-state index is 0.340. The summed E-state index contributed by atoms with van der Waals surface area (Å²) in [6.45, 7) is 4.66. The van der Waals surface area contributed by atoms with Crippen molar-refractivity contribution in [2.45, 2.75) is 32.0 Å². The summed E-state index contributed by atoms with van der Waals surface area (Å²) in [6, 6.07) is 17.8. The third-order valence-corrected chi connectivity index (χ3v) is 5.18. The lowest BCUT2D eigenvalue weighted by molar-refractivity contribution is -0.0402. The molecule has 24 heavy (non-hydrogen) atoms. The second kappa shape index (κ2) is 6.72. The van der Waals surface area contributed by atoms with E-state index in [9.17, 15) is 0 Å². The Bertz CT molecular complexity index is 735. The van der Waals surface area contributed by atoms with Crippen molar-refractivity contribution < 1.29 is 4.74 Å². The van der Waals surface area contributed by atoms with Gasteiger partial charge in [0.05, 0.1) is 19.3 Å². The van der Waals surface area contributed by atoms with Gasteiger partial charge >= 0.3 is 0 Å². The van der Waals surface area contributed by atoms with Crippen LogP contribution in [0.5, 0.6) is 0 Å². The number of ether oxygens (including phenoxy) is 1. The predicted octanol–water partition coefficient (Wildman–Crippen LogP) is 4.71. The molecule has 2 aliphatic heterocycles. The van der Waals surface area contributed by atoms with Crippen molar-refractivity contribution in [2.75, 3.05) is 13.2 Å². The first kappa shape index (κ1) is 15.9. The zero-order valence-electron chi connectivity index (χ0n) is 13.9. The zero-order chi connectivity index (χ0) is 16.5. The second-order valence-corrected chi connectivity index (χ2v) is 7.27. The van der Waals surface area contributed by atoms with E-state index < -0.39 is 0 Å². The van der Waals surface area contributed by atoms with Crippen LogP contribution in [0.3, 0.4) is 0 Å². The minimum absolute atomic E-state index is 0.340. The van der Waals surface area contributed by atoms with Gasteiger partial charge in [0.2, 0.25) is 0 Å². The molecular weight excluding hydrogens is 318 g/mol. The number of rotatable bonds is 3. The molecule has 1 saturated heterocycles. The normalized spacial score (nSPS) is 23.8. The van der Waals surface area contributed by atoms with Gasteiger partial charge in [-0.2, -0.15) is 0 Å². The third kappa shape index (κ3) is 3.27. The minimum Gasteiger partial charge on any atom is -0.378 e. The number of nitrogens with zero attached hydrogens (tertiary/aromatic N) is 1. The molecule has 2 bridgehead atoms. The summed E-state index contributed by atoms with van der Waals surface area (Å²) in [5, 5.41) is 0.819. The van der Waals surface area contributed by atoms with Crippen molar-refractivity contribution in [3.05, 3.63) is 76.3 Å². The molecule has 4 rings (SSSR count). The van der Waals surface area contributed by atoms with Crippen LogP contribution in [-0.4, -0.2) is 30.2 Å². The van der Waals surface area contributed by atoms with E-state index in [2.05, 4.69) is 60.4 Å². The molecule has 1 fully saturated rings. The van der Waals surface area contributed by atoms with Crippen molar-refractivity contribution in [3.63, 3.8) is 0 Å². The van der Waals surface area contributed by atoms with Crippen LogP contribution in [0.1, 0.15) is 23.1 Å². The number of aryl methyl sites for hydroxylation is 1. The van der Waals surface area contributed by atoms with Crippen LogP contribution >= 0.6 is 11.6 Å². The van der Waals surface area contributed by atoms with E-state index in [1.807, 2.05) is 6.07 Å². The molecule has 2 aromatic rings. The van der Waals surface area contributed by atoms with Gasteiger partial charge in [-0.1, -0.05) is 54.1 Å².